The number of rotatable bonds is 5. The molecule has 0 unspecified atom stereocenters. The van der Waals surface area contributed by atoms with Crippen LogP contribution < -0.4 is 4.74 Å². The van der Waals surface area contributed by atoms with Crippen LogP contribution in [0, 0.1) is 10.1 Å². The summed E-state index contributed by atoms with van der Waals surface area (Å²) in [5.41, 5.74) is 0.0375. The van der Waals surface area contributed by atoms with Gasteiger partial charge in [0, 0.05) is 18.6 Å². The monoisotopic (exact) mass is 235 g/mol. The van der Waals surface area contributed by atoms with E-state index in [0.717, 1.165) is 0 Å². The summed E-state index contributed by atoms with van der Waals surface area (Å²) in [4.78, 5) is 9.96. The summed E-state index contributed by atoms with van der Waals surface area (Å²) < 4.78 is 5.37. The first-order valence-electron chi connectivity index (χ1n) is 4.85. The third kappa shape index (κ3) is 2.97. The molecule has 0 atom stereocenters. The normalized spacial score (nSPS) is 10.1. The highest BCUT2D eigenvalue weighted by Crippen LogP contribution is 2.17. The maximum atomic E-state index is 10.4. The van der Waals surface area contributed by atoms with Gasteiger partial charge in [-0.15, -0.1) is 10.2 Å². The zero-order valence-corrected chi connectivity index (χ0v) is 8.74. The SMILES string of the molecule is O=[N+]([O-])c1ccc(OCCc2nn[nH]n2)cc1. The van der Waals surface area contributed by atoms with Crippen LogP contribution in [-0.2, 0) is 6.42 Å². The highest BCUT2D eigenvalue weighted by atomic mass is 16.6. The van der Waals surface area contributed by atoms with Crippen LogP contribution in [0.2, 0.25) is 0 Å². The van der Waals surface area contributed by atoms with Crippen molar-refractivity contribution in [1.82, 2.24) is 20.6 Å². The smallest absolute Gasteiger partial charge is 0.269 e. The molecule has 2 rings (SSSR count). The van der Waals surface area contributed by atoms with E-state index in [-0.39, 0.29) is 5.69 Å². The lowest BCUT2D eigenvalue weighted by molar-refractivity contribution is -0.384. The molecular formula is C9H9N5O3. The van der Waals surface area contributed by atoms with E-state index in [9.17, 15) is 10.1 Å². The number of hydrogen-bond donors (Lipinski definition) is 1. The summed E-state index contributed by atoms with van der Waals surface area (Å²) in [6.45, 7) is 0.386. The van der Waals surface area contributed by atoms with Gasteiger partial charge < -0.3 is 4.74 Å². The van der Waals surface area contributed by atoms with Crippen molar-refractivity contribution in [3.8, 4) is 5.75 Å². The summed E-state index contributed by atoms with van der Waals surface area (Å²) in [5.74, 6) is 1.13. The third-order valence-electron chi connectivity index (χ3n) is 2.03. The first-order valence-corrected chi connectivity index (χ1v) is 4.85. The zero-order valence-electron chi connectivity index (χ0n) is 8.74. The van der Waals surface area contributed by atoms with Crippen LogP contribution in [-0.4, -0.2) is 32.2 Å². The van der Waals surface area contributed by atoms with Gasteiger partial charge in [0.2, 0.25) is 0 Å². The van der Waals surface area contributed by atoms with Crippen LogP contribution in [0.1, 0.15) is 5.82 Å². The van der Waals surface area contributed by atoms with Crippen LogP contribution in [0.15, 0.2) is 24.3 Å². The fourth-order valence-electron chi connectivity index (χ4n) is 1.21. The summed E-state index contributed by atoms with van der Waals surface area (Å²) in [5, 5.41) is 23.7. The van der Waals surface area contributed by atoms with Crippen molar-refractivity contribution >= 4 is 5.69 Å². The average Bonchev–Trinajstić information content (AvgIpc) is 2.83. The van der Waals surface area contributed by atoms with Crippen molar-refractivity contribution in [3.63, 3.8) is 0 Å². The minimum atomic E-state index is -0.455. The van der Waals surface area contributed by atoms with E-state index in [1.54, 1.807) is 12.1 Å². The number of hydrogen-bond acceptors (Lipinski definition) is 6. The Morgan fingerprint density at radius 1 is 1.35 bits per heavy atom. The number of nitrogens with zero attached hydrogens (tertiary/aromatic N) is 4. The number of H-pyrrole nitrogens is 1. The Kier molecular flexibility index (Phi) is 3.24. The topological polar surface area (TPSA) is 107 Å². The Bertz CT molecular complexity index is 482. The molecule has 0 saturated carbocycles. The molecule has 1 heterocycles. The summed E-state index contributed by atoms with van der Waals surface area (Å²) in [6, 6.07) is 5.89. The third-order valence-corrected chi connectivity index (χ3v) is 2.03. The van der Waals surface area contributed by atoms with E-state index in [1.165, 1.54) is 12.1 Å². The van der Waals surface area contributed by atoms with Gasteiger partial charge in [0.05, 0.1) is 11.5 Å². The summed E-state index contributed by atoms with van der Waals surface area (Å²) in [7, 11) is 0. The maximum absolute atomic E-state index is 10.4. The molecule has 8 nitrogen and oxygen atoms in total. The standard InChI is InChI=1S/C9H9N5O3/c15-14(16)7-1-3-8(4-2-7)17-6-5-9-10-12-13-11-9/h1-4H,5-6H2,(H,10,11,12,13). The fraction of sp³-hybridized carbons (Fsp3) is 0.222. The quantitative estimate of drug-likeness (QED) is 0.604. The van der Waals surface area contributed by atoms with Crippen molar-refractivity contribution in [3.05, 3.63) is 40.2 Å². The van der Waals surface area contributed by atoms with Crippen LogP contribution in [0.4, 0.5) is 5.69 Å². The second-order valence-corrected chi connectivity index (χ2v) is 3.18. The van der Waals surface area contributed by atoms with Gasteiger partial charge in [0.25, 0.3) is 5.69 Å². The van der Waals surface area contributed by atoms with Crippen molar-refractivity contribution in [2.75, 3.05) is 6.61 Å². The predicted molar refractivity (Wildman–Crippen MR) is 56.5 cm³/mol. The Balaban J connectivity index is 1.85. The van der Waals surface area contributed by atoms with Gasteiger partial charge in [-0.3, -0.25) is 10.1 Å². The van der Waals surface area contributed by atoms with Crippen LogP contribution >= 0.6 is 0 Å². The number of nitro benzene ring substituents is 1. The van der Waals surface area contributed by atoms with Crippen LogP contribution in [0.3, 0.4) is 0 Å². The number of aromatic amines is 1. The summed E-state index contributed by atoms with van der Waals surface area (Å²) in [6.07, 6.45) is 0.521. The predicted octanol–water partition coefficient (Wildman–Crippen LogP) is 0.729. The van der Waals surface area contributed by atoms with E-state index in [0.29, 0.717) is 24.6 Å². The van der Waals surface area contributed by atoms with E-state index < -0.39 is 4.92 Å². The lowest BCUT2D eigenvalue weighted by Gasteiger charge is -2.03. The number of tetrazole rings is 1. The Labute approximate surface area is 95.8 Å². The lowest BCUT2D eigenvalue weighted by Crippen LogP contribution is -2.02. The fourth-order valence-corrected chi connectivity index (χ4v) is 1.21. The molecule has 1 aromatic heterocycles. The van der Waals surface area contributed by atoms with E-state index >= 15 is 0 Å². The van der Waals surface area contributed by atoms with Crippen molar-refractivity contribution in [2.45, 2.75) is 6.42 Å². The molecule has 0 amide bonds. The second kappa shape index (κ2) is 5.01. The number of nitrogens with one attached hydrogen (secondary N) is 1. The van der Waals surface area contributed by atoms with Gasteiger partial charge in [-0.1, -0.05) is 5.21 Å². The Morgan fingerprint density at radius 3 is 2.71 bits per heavy atom. The number of ether oxygens (including phenoxy) is 1. The number of non-ortho nitro benzene ring substituents is 1. The van der Waals surface area contributed by atoms with Gasteiger partial charge in [-0.05, 0) is 12.1 Å². The van der Waals surface area contributed by atoms with E-state index in [2.05, 4.69) is 20.6 Å². The number of nitro groups is 1. The first kappa shape index (κ1) is 11.0. The molecule has 0 spiro atoms. The van der Waals surface area contributed by atoms with Crippen LogP contribution in [0.25, 0.3) is 0 Å². The van der Waals surface area contributed by atoms with Gasteiger partial charge in [0.15, 0.2) is 5.82 Å². The minimum absolute atomic E-state index is 0.0375. The Morgan fingerprint density at radius 2 is 2.12 bits per heavy atom. The molecule has 8 heteroatoms. The van der Waals surface area contributed by atoms with Gasteiger partial charge in [-0.25, -0.2) is 0 Å². The van der Waals surface area contributed by atoms with Gasteiger partial charge in [-0.2, -0.15) is 5.21 Å². The lowest BCUT2D eigenvalue weighted by atomic mass is 10.3. The van der Waals surface area contributed by atoms with Crippen molar-refractivity contribution in [2.24, 2.45) is 0 Å². The average molecular weight is 235 g/mol. The maximum Gasteiger partial charge on any atom is 0.269 e. The van der Waals surface area contributed by atoms with Gasteiger partial charge >= 0.3 is 0 Å². The van der Waals surface area contributed by atoms with Crippen LogP contribution in [0.5, 0.6) is 5.75 Å². The minimum Gasteiger partial charge on any atom is -0.493 e. The molecule has 1 N–H and O–H groups in total. The van der Waals surface area contributed by atoms with Crippen molar-refractivity contribution < 1.29 is 9.66 Å². The molecule has 0 aliphatic heterocycles. The second-order valence-electron chi connectivity index (χ2n) is 3.18. The largest absolute Gasteiger partial charge is 0.493 e. The molecule has 0 bridgehead atoms. The summed E-state index contributed by atoms with van der Waals surface area (Å²) >= 11 is 0. The molecule has 0 fully saturated rings. The van der Waals surface area contributed by atoms with E-state index in [1.807, 2.05) is 0 Å². The first-order chi connectivity index (χ1) is 8.25. The molecule has 0 saturated heterocycles. The van der Waals surface area contributed by atoms with Gasteiger partial charge in [0.1, 0.15) is 5.75 Å². The molecule has 17 heavy (non-hydrogen) atoms. The number of benzene rings is 1. The molecule has 0 aliphatic rings. The molecule has 0 radical (unpaired) electrons. The molecule has 2 aromatic rings. The highest BCUT2D eigenvalue weighted by molar-refractivity contribution is 5.35. The highest BCUT2D eigenvalue weighted by Gasteiger charge is 2.04. The molecule has 0 aliphatic carbocycles. The zero-order chi connectivity index (χ0) is 12.1. The molecular weight excluding hydrogens is 226 g/mol. The molecule has 1 aromatic carbocycles. The molecule has 88 valence electrons. The Hall–Kier alpha value is -2.51. The van der Waals surface area contributed by atoms with E-state index in [4.69, 9.17) is 4.74 Å². The van der Waals surface area contributed by atoms with Crippen molar-refractivity contribution in [1.29, 1.82) is 0 Å². The number of aromatic nitrogens is 4.